The van der Waals surface area contributed by atoms with Crippen LogP contribution in [-0.4, -0.2) is 46.7 Å². The van der Waals surface area contributed by atoms with Gasteiger partial charge in [0.15, 0.2) is 0 Å². The number of hydrogen-bond donors (Lipinski definition) is 1. The van der Waals surface area contributed by atoms with Crippen LogP contribution in [0.25, 0.3) is 16.5 Å². The lowest BCUT2D eigenvalue weighted by Gasteiger charge is -2.37. The van der Waals surface area contributed by atoms with Crippen molar-refractivity contribution in [1.29, 1.82) is 0 Å². The largest absolute Gasteiger partial charge is 0.463 e. The first-order valence-electron chi connectivity index (χ1n) is 10.7. The molecule has 1 aliphatic rings. The average molecular weight is 415 g/mol. The molecule has 1 aliphatic heterocycles. The van der Waals surface area contributed by atoms with Crippen LogP contribution in [0, 0.1) is 0 Å². The number of benzene rings is 1. The van der Waals surface area contributed by atoms with Crippen LogP contribution < -0.4 is 0 Å². The summed E-state index contributed by atoms with van der Waals surface area (Å²) in [6.07, 6.45) is 2.04. The highest BCUT2D eigenvalue weighted by Gasteiger charge is 2.36. The van der Waals surface area contributed by atoms with Gasteiger partial charge in [0.1, 0.15) is 5.60 Å². The highest BCUT2D eigenvalue weighted by molar-refractivity contribution is 6.01. The zero-order chi connectivity index (χ0) is 22.5. The number of aromatic amines is 1. The molecule has 1 aromatic carbocycles. The van der Waals surface area contributed by atoms with Gasteiger partial charge in [-0.2, -0.15) is 0 Å². The van der Waals surface area contributed by atoms with Gasteiger partial charge in [-0.3, -0.25) is 0 Å². The Morgan fingerprint density at radius 3 is 2.53 bits per heavy atom. The zero-order valence-electron chi connectivity index (χ0n) is 19.2. The van der Waals surface area contributed by atoms with Crippen molar-refractivity contribution < 1.29 is 19.1 Å². The van der Waals surface area contributed by atoms with Gasteiger partial charge in [0.2, 0.25) is 0 Å². The van der Waals surface area contributed by atoms with Crippen molar-refractivity contribution in [2.45, 2.75) is 66.5 Å². The second-order valence-corrected chi connectivity index (χ2v) is 7.99. The maximum absolute atomic E-state index is 12.8. The van der Waals surface area contributed by atoms with Crippen LogP contribution in [0.4, 0.5) is 4.79 Å². The molecule has 0 fully saturated rings. The molecule has 2 heterocycles. The van der Waals surface area contributed by atoms with Crippen LogP contribution in [-0.2, 0) is 14.3 Å². The Kier molecular flexibility index (Phi) is 7.71. The minimum Gasteiger partial charge on any atom is -0.463 e. The van der Waals surface area contributed by atoms with Gasteiger partial charge in [-0.1, -0.05) is 26.0 Å². The highest BCUT2D eigenvalue weighted by atomic mass is 16.6. The van der Waals surface area contributed by atoms with Crippen LogP contribution in [0.15, 0.2) is 36.0 Å². The van der Waals surface area contributed by atoms with E-state index < -0.39 is 17.7 Å². The number of aromatic nitrogens is 1. The van der Waals surface area contributed by atoms with Crippen molar-refractivity contribution in [2.24, 2.45) is 0 Å². The smallest absolute Gasteiger partial charge is 0.410 e. The number of fused-ring (bicyclic) bond motifs is 1. The summed E-state index contributed by atoms with van der Waals surface area (Å²) in [5.74, 6) is -0.384. The number of amides is 1. The fourth-order valence-corrected chi connectivity index (χ4v) is 3.58. The minimum atomic E-state index is -0.594. The van der Waals surface area contributed by atoms with E-state index in [9.17, 15) is 9.59 Å². The van der Waals surface area contributed by atoms with Gasteiger partial charge in [-0.05, 0) is 69.7 Å². The number of hydrogen-bond acceptors (Lipinski definition) is 4. The number of esters is 1. The molecule has 0 spiro atoms. The lowest BCUT2D eigenvalue weighted by atomic mass is 9.88. The first-order chi connectivity index (χ1) is 14.2. The van der Waals surface area contributed by atoms with Crippen molar-refractivity contribution in [1.82, 2.24) is 9.88 Å². The van der Waals surface area contributed by atoms with E-state index in [1.54, 1.807) is 11.8 Å². The summed E-state index contributed by atoms with van der Waals surface area (Å²) in [6.45, 7) is 13.9. The van der Waals surface area contributed by atoms with Crippen LogP contribution in [0.3, 0.4) is 0 Å². The number of ether oxygens (including phenoxy) is 2. The van der Waals surface area contributed by atoms with Crippen LogP contribution in [0.2, 0.25) is 0 Å². The average Bonchev–Trinajstić information content (AvgIpc) is 3.15. The number of carbonyl (C=O) groups is 2. The van der Waals surface area contributed by atoms with E-state index in [4.69, 9.17) is 9.47 Å². The highest BCUT2D eigenvalue weighted by Crippen LogP contribution is 2.34. The standard InChI is InChI=1S/C22H28N2O4.C2H6/c1-6-27-20(25)19-14(2)24(21(26)28-22(3,4)5)12-10-17(19)16-8-7-15-9-11-23-18(15)13-16;1-2/h7-9,11,13-14,23H,6,10,12H2,1-5H3;1-2H3. The monoisotopic (exact) mass is 414 g/mol. The van der Waals surface area contributed by atoms with Gasteiger partial charge in [-0.25, -0.2) is 9.59 Å². The molecule has 6 nitrogen and oxygen atoms in total. The van der Waals surface area contributed by atoms with Crippen LogP contribution in [0.5, 0.6) is 0 Å². The molecule has 0 bridgehead atoms. The molecular formula is C24H34N2O4. The molecule has 2 aromatic rings. The molecule has 1 aromatic heterocycles. The number of nitrogens with zero attached hydrogens (tertiary/aromatic N) is 1. The first kappa shape index (κ1) is 23.5. The third-order valence-electron chi connectivity index (χ3n) is 4.84. The molecule has 0 saturated heterocycles. The molecular weight excluding hydrogens is 380 g/mol. The maximum atomic E-state index is 12.8. The predicted octanol–water partition coefficient (Wildman–Crippen LogP) is 5.54. The van der Waals surface area contributed by atoms with E-state index in [2.05, 4.69) is 4.98 Å². The van der Waals surface area contributed by atoms with E-state index in [0.717, 1.165) is 22.0 Å². The summed E-state index contributed by atoms with van der Waals surface area (Å²) in [5, 5.41) is 1.11. The maximum Gasteiger partial charge on any atom is 0.410 e. The van der Waals surface area contributed by atoms with E-state index in [1.165, 1.54) is 0 Å². The molecule has 1 N–H and O–H groups in total. The second-order valence-electron chi connectivity index (χ2n) is 7.99. The van der Waals surface area contributed by atoms with E-state index in [1.807, 2.05) is 72.0 Å². The number of nitrogens with one attached hydrogen (secondary N) is 1. The molecule has 1 amide bonds. The van der Waals surface area contributed by atoms with E-state index >= 15 is 0 Å². The number of rotatable bonds is 3. The first-order valence-corrected chi connectivity index (χ1v) is 10.7. The van der Waals surface area contributed by atoms with Crippen molar-refractivity contribution in [3.63, 3.8) is 0 Å². The van der Waals surface area contributed by atoms with E-state index in [0.29, 0.717) is 18.5 Å². The third-order valence-corrected chi connectivity index (χ3v) is 4.84. The Hall–Kier alpha value is -2.76. The third kappa shape index (κ3) is 5.23. The quantitative estimate of drug-likeness (QED) is 0.669. The Bertz CT molecular complexity index is 921. The van der Waals surface area contributed by atoms with Gasteiger partial charge in [0.25, 0.3) is 0 Å². The Morgan fingerprint density at radius 1 is 1.20 bits per heavy atom. The summed E-state index contributed by atoms with van der Waals surface area (Å²) < 4.78 is 10.9. The Labute approximate surface area is 179 Å². The number of H-pyrrole nitrogens is 1. The topological polar surface area (TPSA) is 71.6 Å². The Balaban J connectivity index is 0.00000155. The van der Waals surface area contributed by atoms with Crippen molar-refractivity contribution >= 4 is 28.5 Å². The lowest BCUT2D eigenvalue weighted by Crippen LogP contribution is -2.47. The van der Waals surface area contributed by atoms with Gasteiger partial charge < -0.3 is 19.4 Å². The summed E-state index contributed by atoms with van der Waals surface area (Å²) in [4.78, 5) is 30.3. The fraction of sp³-hybridized carbons (Fsp3) is 0.500. The second kappa shape index (κ2) is 9.83. The number of carbonyl (C=O) groups excluding carboxylic acids is 2. The molecule has 0 aliphatic carbocycles. The predicted molar refractivity (Wildman–Crippen MR) is 120 cm³/mol. The molecule has 1 unspecified atom stereocenters. The molecule has 6 heteroatoms. The molecule has 30 heavy (non-hydrogen) atoms. The molecule has 1 atom stereocenters. The molecule has 0 radical (unpaired) electrons. The fourth-order valence-electron chi connectivity index (χ4n) is 3.58. The molecule has 164 valence electrons. The van der Waals surface area contributed by atoms with Gasteiger partial charge in [0.05, 0.1) is 18.2 Å². The van der Waals surface area contributed by atoms with E-state index in [-0.39, 0.29) is 12.6 Å². The van der Waals surface area contributed by atoms with Crippen LogP contribution in [0.1, 0.15) is 60.5 Å². The van der Waals surface area contributed by atoms with Gasteiger partial charge >= 0.3 is 12.1 Å². The SMILES string of the molecule is CC.CCOC(=O)C1=C(c2ccc3cc[nH]c3c2)CCN(C(=O)OC(C)(C)C)C1C. The van der Waals surface area contributed by atoms with Gasteiger partial charge in [0, 0.05) is 18.3 Å². The normalized spacial score (nSPS) is 16.8. The lowest BCUT2D eigenvalue weighted by molar-refractivity contribution is -0.139. The van der Waals surface area contributed by atoms with Crippen molar-refractivity contribution in [3.8, 4) is 0 Å². The summed E-state index contributed by atoms with van der Waals surface area (Å²) in [7, 11) is 0. The molecule has 0 saturated carbocycles. The van der Waals surface area contributed by atoms with Gasteiger partial charge in [-0.15, -0.1) is 0 Å². The molecule has 3 rings (SSSR count). The summed E-state index contributed by atoms with van der Waals surface area (Å²) >= 11 is 0. The summed E-state index contributed by atoms with van der Waals surface area (Å²) in [6, 6.07) is 7.66. The Morgan fingerprint density at radius 2 is 1.90 bits per heavy atom. The van der Waals surface area contributed by atoms with Crippen molar-refractivity contribution in [3.05, 3.63) is 41.6 Å². The zero-order valence-corrected chi connectivity index (χ0v) is 19.2. The summed E-state index contributed by atoms with van der Waals surface area (Å²) in [5.41, 5.74) is 2.82. The van der Waals surface area contributed by atoms with Crippen LogP contribution >= 0.6 is 0 Å². The van der Waals surface area contributed by atoms with Crippen molar-refractivity contribution in [2.75, 3.05) is 13.2 Å². The minimum absolute atomic E-state index is 0.282.